The molecule has 1 aromatic carbocycles. The van der Waals surface area contributed by atoms with Crippen LogP contribution in [-0.4, -0.2) is 32.4 Å². The van der Waals surface area contributed by atoms with Crippen LogP contribution < -0.4 is 11.1 Å². The van der Waals surface area contributed by atoms with Gasteiger partial charge in [0.2, 0.25) is 11.9 Å². The Bertz CT molecular complexity index is 725. The van der Waals surface area contributed by atoms with Crippen molar-refractivity contribution in [2.24, 2.45) is 11.7 Å². The molecule has 120 valence electrons. The van der Waals surface area contributed by atoms with Crippen molar-refractivity contribution in [3.05, 3.63) is 54.0 Å². The van der Waals surface area contributed by atoms with Crippen molar-refractivity contribution in [3.63, 3.8) is 0 Å². The number of hydrogen-bond donors (Lipinski definition) is 3. The van der Waals surface area contributed by atoms with Gasteiger partial charge in [0.1, 0.15) is 5.92 Å². The average molecular weight is 313 g/mol. The molecule has 3 rings (SSSR count). The van der Waals surface area contributed by atoms with E-state index in [0.717, 1.165) is 5.56 Å². The molecule has 0 bridgehead atoms. The van der Waals surface area contributed by atoms with E-state index in [2.05, 4.69) is 22.0 Å². The Morgan fingerprint density at radius 1 is 1.39 bits per heavy atom. The number of aliphatic hydroxyl groups is 1. The zero-order chi connectivity index (χ0) is 16.4. The first kappa shape index (κ1) is 15.2. The molecule has 1 amide bonds. The van der Waals surface area contributed by atoms with Crippen LogP contribution in [0.4, 0.5) is 5.95 Å². The Labute approximate surface area is 133 Å². The summed E-state index contributed by atoms with van der Waals surface area (Å²) in [7, 11) is 0. The number of aromatic nitrogens is 3. The Hall–Kier alpha value is -2.67. The van der Waals surface area contributed by atoms with Gasteiger partial charge in [-0.15, -0.1) is 0 Å². The molecule has 0 unspecified atom stereocenters. The van der Waals surface area contributed by atoms with Gasteiger partial charge in [-0.05, 0) is 12.0 Å². The summed E-state index contributed by atoms with van der Waals surface area (Å²) in [5, 5.41) is 16.5. The monoisotopic (exact) mass is 313 g/mol. The maximum absolute atomic E-state index is 12.0. The van der Waals surface area contributed by atoms with E-state index in [9.17, 15) is 4.79 Å². The number of anilines is 1. The third kappa shape index (κ3) is 2.83. The highest BCUT2D eigenvalue weighted by molar-refractivity contribution is 5.82. The highest BCUT2D eigenvalue weighted by Gasteiger charge is 2.38. The van der Waals surface area contributed by atoms with Crippen LogP contribution in [0.25, 0.3) is 0 Å². The zero-order valence-electron chi connectivity index (χ0n) is 12.6. The van der Waals surface area contributed by atoms with Crippen molar-refractivity contribution in [2.45, 2.75) is 18.9 Å². The van der Waals surface area contributed by atoms with E-state index < -0.39 is 11.8 Å². The van der Waals surface area contributed by atoms with Crippen LogP contribution in [0.1, 0.15) is 23.9 Å². The molecule has 2 atom stereocenters. The summed E-state index contributed by atoms with van der Waals surface area (Å²) < 4.78 is 1.69. The normalized spacial score (nSPS) is 20.0. The third-order valence-corrected chi connectivity index (χ3v) is 3.91. The fraction of sp³-hybridized carbons (Fsp3) is 0.312. The second kappa shape index (κ2) is 6.21. The first-order valence-corrected chi connectivity index (χ1v) is 7.48. The van der Waals surface area contributed by atoms with E-state index in [1.807, 2.05) is 30.3 Å². The number of aliphatic hydroxyl groups excluding tert-OH is 1. The molecule has 0 saturated heterocycles. The summed E-state index contributed by atoms with van der Waals surface area (Å²) in [6, 6.07) is 9.19. The SMILES string of the molecule is C=C1Nc2nc(CCCO)nn2[C@@H](c2ccccc2)[C@@H]1C(N)=O. The zero-order valence-corrected chi connectivity index (χ0v) is 12.6. The van der Waals surface area contributed by atoms with Crippen molar-refractivity contribution in [3.8, 4) is 0 Å². The molecule has 2 aromatic rings. The molecule has 0 saturated carbocycles. The van der Waals surface area contributed by atoms with Gasteiger partial charge in [-0.1, -0.05) is 36.9 Å². The Morgan fingerprint density at radius 2 is 2.13 bits per heavy atom. The fourth-order valence-electron chi connectivity index (χ4n) is 2.85. The van der Waals surface area contributed by atoms with Gasteiger partial charge in [0.25, 0.3) is 0 Å². The topological polar surface area (TPSA) is 106 Å². The van der Waals surface area contributed by atoms with Gasteiger partial charge in [0.05, 0.1) is 6.04 Å². The molecule has 0 fully saturated rings. The van der Waals surface area contributed by atoms with Gasteiger partial charge in [-0.25, -0.2) is 4.68 Å². The second-order valence-electron chi connectivity index (χ2n) is 5.51. The van der Waals surface area contributed by atoms with E-state index >= 15 is 0 Å². The van der Waals surface area contributed by atoms with Crippen LogP contribution in [0.3, 0.4) is 0 Å². The van der Waals surface area contributed by atoms with Crippen LogP contribution in [0, 0.1) is 5.92 Å². The molecule has 2 heterocycles. The van der Waals surface area contributed by atoms with E-state index in [1.165, 1.54) is 0 Å². The lowest BCUT2D eigenvalue weighted by Crippen LogP contribution is -2.40. The number of benzene rings is 1. The minimum Gasteiger partial charge on any atom is -0.396 e. The summed E-state index contributed by atoms with van der Waals surface area (Å²) in [6.07, 6.45) is 1.15. The maximum Gasteiger partial charge on any atom is 0.229 e. The van der Waals surface area contributed by atoms with Gasteiger partial charge in [0, 0.05) is 18.7 Å². The molecule has 7 heteroatoms. The van der Waals surface area contributed by atoms with Crippen LogP contribution in [0.15, 0.2) is 42.6 Å². The summed E-state index contributed by atoms with van der Waals surface area (Å²) in [4.78, 5) is 16.4. The lowest BCUT2D eigenvalue weighted by molar-refractivity contribution is -0.121. The predicted octanol–water partition coefficient (Wildman–Crippen LogP) is 0.833. The Balaban J connectivity index is 2.07. The summed E-state index contributed by atoms with van der Waals surface area (Å²) in [5.41, 5.74) is 7.02. The van der Waals surface area contributed by atoms with Crippen LogP contribution in [0.5, 0.6) is 0 Å². The van der Waals surface area contributed by atoms with Gasteiger partial charge >= 0.3 is 0 Å². The van der Waals surface area contributed by atoms with E-state index in [-0.39, 0.29) is 12.6 Å². The summed E-state index contributed by atoms with van der Waals surface area (Å²) >= 11 is 0. The minimum absolute atomic E-state index is 0.0794. The second-order valence-corrected chi connectivity index (χ2v) is 5.51. The quantitative estimate of drug-likeness (QED) is 0.758. The van der Waals surface area contributed by atoms with Gasteiger partial charge in [-0.3, -0.25) is 4.79 Å². The molecule has 1 aliphatic heterocycles. The third-order valence-electron chi connectivity index (χ3n) is 3.91. The highest BCUT2D eigenvalue weighted by Crippen LogP contribution is 2.37. The van der Waals surface area contributed by atoms with Crippen molar-refractivity contribution < 1.29 is 9.90 Å². The molecular formula is C16H19N5O2. The number of fused-ring (bicyclic) bond motifs is 1. The first-order chi connectivity index (χ1) is 11.1. The molecule has 0 spiro atoms. The van der Waals surface area contributed by atoms with E-state index in [0.29, 0.717) is 30.3 Å². The van der Waals surface area contributed by atoms with Crippen molar-refractivity contribution >= 4 is 11.9 Å². The summed E-state index contributed by atoms with van der Waals surface area (Å²) in [5.74, 6) is 0.0707. The lowest BCUT2D eigenvalue weighted by Gasteiger charge is -2.32. The molecule has 0 radical (unpaired) electrons. The standard InChI is InChI=1S/C16H19N5O2/c1-10-13(15(17)23)14(11-6-3-2-4-7-11)21-16(18-10)19-12(20-21)8-5-9-22/h2-4,6-7,13-14,22H,1,5,8-9H2,(H2,17,23)(H,18,19,20)/t13-,14+/m1/s1. The number of hydrogen-bond acceptors (Lipinski definition) is 5. The molecule has 4 N–H and O–H groups in total. The van der Waals surface area contributed by atoms with Crippen molar-refractivity contribution in [2.75, 3.05) is 11.9 Å². The molecular weight excluding hydrogens is 294 g/mol. The molecule has 1 aromatic heterocycles. The van der Waals surface area contributed by atoms with E-state index in [1.54, 1.807) is 4.68 Å². The highest BCUT2D eigenvalue weighted by atomic mass is 16.3. The van der Waals surface area contributed by atoms with Crippen LogP contribution in [0.2, 0.25) is 0 Å². The summed E-state index contributed by atoms with van der Waals surface area (Å²) in [6.45, 7) is 4.01. The number of nitrogens with zero attached hydrogens (tertiary/aromatic N) is 3. The molecule has 7 nitrogen and oxygen atoms in total. The number of aryl methyl sites for hydroxylation is 1. The first-order valence-electron chi connectivity index (χ1n) is 7.48. The number of rotatable bonds is 5. The Kier molecular flexibility index (Phi) is 4.12. The van der Waals surface area contributed by atoms with Gasteiger partial charge < -0.3 is 16.2 Å². The largest absolute Gasteiger partial charge is 0.396 e. The fourth-order valence-corrected chi connectivity index (χ4v) is 2.85. The van der Waals surface area contributed by atoms with Crippen molar-refractivity contribution in [1.29, 1.82) is 0 Å². The van der Waals surface area contributed by atoms with Crippen molar-refractivity contribution in [1.82, 2.24) is 14.8 Å². The van der Waals surface area contributed by atoms with Crippen LogP contribution in [-0.2, 0) is 11.2 Å². The number of nitrogens with two attached hydrogens (primary N) is 1. The number of amides is 1. The number of nitrogens with one attached hydrogen (secondary N) is 1. The molecule has 1 aliphatic rings. The predicted molar refractivity (Wildman–Crippen MR) is 85.5 cm³/mol. The van der Waals surface area contributed by atoms with E-state index in [4.69, 9.17) is 10.8 Å². The average Bonchev–Trinajstić information content (AvgIpc) is 2.94. The minimum atomic E-state index is -0.614. The molecule has 0 aliphatic carbocycles. The number of carbonyl (C=O) groups excluding carboxylic acids is 1. The molecule has 23 heavy (non-hydrogen) atoms. The van der Waals surface area contributed by atoms with Crippen LogP contribution >= 0.6 is 0 Å². The lowest BCUT2D eigenvalue weighted by atomic mass is 9.89. The van der Waals surface area contributed by atoms with Gasteiger partial charge in [0.15, 0.2) is 5.82 Å². The smallest absolute Gasteiger partial charge is 0.229 e. The maximum atomic E-state index is 12.0. The Morgan fingerprint density at radius 3 is 2.78 bits per heavy atom. The number of primary amides is 1. The van der Waals surface area contributed by atoms with Gasteiger partial charge in [-0.2, -0.15) is 10.1 Å². The number of carbonyl (C=O) groups is 1.